The molecule has 0 aromatic heterocycles. The van der Waals surface area contributed by atoms with Crippen molar-refractivity contribution in [1.82, 2.24) is 9.80 Å². The van der Waals surface area contributed by atoms with E-state index in [4.69, 9.17) is 5.73 Å². The first-order chi connectivity index (χ1) is 9.61. The highest BCUT2D eigenvalue weighted by atomic mass is 15.3. The van der Waals surface area contributed by atoms with E-state index in [-0.39, 0.29) is 0 Å². The molecular formula is C17H35N3. The first-order valence-corrected chi connectivity index (χ1v) is 8.80. The average Bonchev–Trinajstić information content (AvgIpc) is 3.25. The van der Waals surface area contributed by atoms with Gasteiger partial charge in [-0.2, -0.15) is 0 Å². The fraction of sp³-hybridized carbons (Fsp3) is 1.00. The van der Waals surface area contributed by atoms with Crippen LogP contribution in [0.5, 0.6) is 0 Å². The Hall–Kier alpha value is -0.120. The summed E-state index contributed by atoms with van der Waals surface area (Å²) in [5, 5.41) is 0. The number of rotatable bonds is 8. The highest BCUT2D eigenvalue weighted by Gasteiger charge is 2.44. The van der Waals surface area contributed by atoms with E-state index < -0.39 is 0 Å². The third kappa shape index (κ3) is 3.96. The van der Waals surface area contributed by atoms with E-state index >= 15 is 0 Å². The minimum Gasteiger partial charge on any atom is -0.329 e. The lowest BCUT2D eigenvalue weighted by atomic mass is 9.84. The molecule has 3 heteroatoms. The summed E-state index contributed by atoms with van der Waals surface area (Å²) in [4.78, 5) is 5.45. The number of nitrogens with two attached hydrogens (primary N) is 1. The molecule has 3 nitrogen and oxygen atoms in total. The molecule has 1 aliphatic carbocycles. The number of piperidine rings is 1. The Morgan fingerprint density at radius 1 is 1.25 bits per heavy atom. The fourth-order valence-electron chi connectivity index (χ4n) is 3.80. The largest absolute Gasteiger partial charge is 0.329 e. The van der Waals surface area contributed by atoms with Crippen molar-refractivity contribution in [1.29, 1.82) is 0 Å². The molecule has 1 aliphatic heterocycles. The Morgan fingerprint density at radius 3 is 2.35 bits per heavy atom. The Kier molecular flexibility index (Phi) is 5.88. The zero-order valence-corrected chi connectivity index (χ0v) is 13.9. The van der Waals surface area contributed by atoms with Gasteiger partial charge >= 0.3 is 0 Å². The van der Waals surface area contributed by atoms with Crippen LogP contribution in [0.25, 0.3) is 0 Å². The van der Waals surface area contributed by atoms with Gasteiger partial charge in [0.1, 0.15) is 0 Å². The van der Waals surface area contributed by atoms with Crippen LogP contribution >= 0.6 is 0 Å². The molecule has 2 rings (SSSR count). The molecule has 0 aromatic carbocycles. The Morgan fingerprint density at radius 2 is 1.90 bits per heavy atom. The SMILES string of the molecule is CCCCN(C1CC1)C1(CN)CCN(CC(C)C)CC1. The standard InChI is InChI=1S/C17H35N3/c1-4-5-10-20(16-6-7-16)17(14-18)8-11-19(12-9-17)13-15(2)3/h15-16H,4-14,18H2,1-3H3. The Labute approximate surface area is 125 Å². The van der Waals surface area contributed by atoms with Crippen LogP contribution in [-0.2, 0) is 0 Å². The molecule has 2 aliphatic rings. The lowest BCUT2D eigenvalue weighted by Crippen LogP contribution is -2.60. The first kappa shape index (κ1) is 16.3. The van der Waals surface area contributed by atoms with E-state index in [9.17, 15) is 0 Å². The summed E-state index contributed by atoms with van der Waals surface area (Å²) >= 11 is 0. The normalized spacial score (nSPS) is 23.7. The summed E-state index contributed by atoms with van der Waals surface area (Å²) in [5.74, 6) is 0.778. The molecule has 2 N–H and O–H groups in total. The van der Waals surface area contributed by atoms with Crippen LogP contribution in [0.4, 0.5) is 0 Å². The summed E-state index contributed by atoms with van der Waals surface area (Å²) in [6, 6.07) is 0.849. The zero-order chi connectivity index (χ0) is 14.6. The molecule has 1 saturated heterocycles. The van der Waals surface area contributed by atoms with Gasteiger partial charge < -0.3 is 10.6 Å². The van der Waals surface area contributed by atoms with Gasteiger partial charge in [0.2, 0.25) is 0 Å². The molecule has 0 atom stereocenters. The quantitative estimate of drug-likeness (QED) is 0.742. The summed E-state index contributed by atoms with van der Waals surface area (Å²) in [7, 11) is 0. The molecule has 0 aromatic rings. The van der Waals surface area contributed by atoms with E-state index in [0.29, 0.717) is 5.54 Å². The fourth-order valence-corrected chi connectivity index (χ4v) is 3.80. The summed E-state index contributed by atoms with van der Waals surface area (Å²) in [5.41, 5.74) is 6.57. The minimum atomic E-state index is 0.309. The van der Waals surface area contributed by atoms with Crippen molar-refractivity contribution in [2.75, 3.05) is 32.7 Å². The second-order valence-electron chi connectivity index (χ2n) is 7.40. The Balaban J connectivity index is 1.95. The monoisotopic (exact) mass is 281 g/mol. The van der Waals surface area contributed by atoms with Gasteiger partial charge in [-0.1, -0.05) is 27.2 Å². The second kappa shape index (κ2) is 7.24. The van der Waals surface area contributed by atoms with Crippen LogP contribution in [0, 0.1) is 5.92 Å². The molecule has 2 fully saturated rings. The highest BCUT2D eigenvalue weighted by Crippen LogP contribution is 2.38. The van der Waals surface area contributed by atoms with Crippen molar-refractivity contribution >= 4 is 0 Å². The molecule has 118 valence electrons. The number of nitrogens with zero attached hydrogens (tertiary/aromatic N) is 2. The van der Waals surface area contributed by atoms with Crippen molar-refractivity contribution in [2.24, 2.45) is 11.7 Å². The van der Waals surface area contributed by atoms with Crippen LogP contribution in [-0.4, -0.2) is 54.1 Å². The van der Waals surface area contributed by atoms with Crippen molar-refractivity contribution in [3.8, 4) is 0 Å². The van der Waals surface area contributed by atoms with Gasteiger partial charge in [0.15, 0.2) is 0 Å². The van der Waals surface area contributed by atoms with Gasteiger partial charge in [0.05, 0.1) is 0 Å². The third-order valence-electron chi connectivity index (χ3n) is 5.14. The van der Waals surface area contributed by atoms with Gasteiger partial charge in [0, 0.05) is 24.7 Å². The number of hydrogen-bond donors (Lipinski definition) is 1. The van der Waals surface area contributed by atoms with Gasteiger partial charge in [0.25, 0.3) is 0 Å². The molecular weight excluding hydrogens is 246 g/mol. The summed E-state index contributed by atoms with van der Waals surface area (Å²) in [6.07, 6.45) is 7.98. The highest BCUT2D eigenvalue weighted by molar-refractivity contribution is 5.02. The van der Waals surface area contributed by atoms with Crippen LogP contribution in [0.1, 0.15) is 59.3 Å². The summed E-state index contributed by atoms with van der Waals surface area (Å²) < 4.78 is 0. The molecule has 0 amide bonds. The van der Waals surface area contributed by atoms with E-state index in [1.165, 1.54) is 64.7 Å². The second-order valence-corrected chi connectivity index (χ2v) is 7.40. The minimum absolute atomic E-state index is 0.309. The molecule has 1 heterocycles. The lowest BCUT2D eigenvalue weighted by Gasteiger charge is -2.49. The molecule has 0 unspecified atom stereocenters. The van der Waals surface area contributed by atoms with Crippen LogP contribution in [0.15, 0.2) is 0 Å². The topological polar surface area (TPSA) is 32.5 Å². The smallest absolute Gasteiger partial charge is 0.0358 e. The van der Waals surface area contributed by atoms with E-state index in [2.05, 4.69) is 30.6 Å². The molecule has 0 spiro atoms. The van der Waals surface area contributed by atoms with Crippen molar-refractivity contribution < 1.29 is 0 Å². The zero-order valence-electron chi connectivity index (χ0n) is 13.9. The average molecular weight is 281 g/mol. The maximum Gasteiger partial charge on any atom is 0.0358 e. The predicted octanol–water partition coefficient (Wildman–Crippen LogP) is 2.70. The van der Waals surface area contributed by atoms with Crippen LogP contribution < -0.4 is 5.73 Å². The molecule has 1 saturated carbocycles. The Bertz CT molecular complexity index is 278. The van der Waals surface area contributed by atoms with Crippen LogP contribution in [0.2, 0.25) is 0 Å². The molecule has 20 heavy (non-hydrogen) atoms. The number of unbranched alkanes of at least 4 members (excludes halogenated alkanes) is 1. The van der Waals surface area contributed by atoms with E-state index in [1.807, 2.05) is 0 Å². The number of likely N-dealkylation sites (tertiary alicyclic amines) is 1. The first-order valence-electron chi connectivity index (χ1n) is 8.80. The van der Waals surface area contributed by atoms with E-state index in [1.54, 1.807) is 0 Å². The van der Waals surface area contributed by atoms with Crippen molar-refractivity contribution in [3.63, 3.8) is 0 Å². The van der Waals surface area contributed by atoms with Gasteiger partial charge in [-0.15, -0.1) is 0 Å². The maximum atomic E-state index is 6.26. The van der Waals surface area contributed by atoms with E-state index in [0.717, 1.165) is 18.5 Å². The van der Waals surface area contributed by atoms with Gasteiger partial charge in [-0.3, -0.25) is 4.90 Å². The molecule has 0 bridgehead atoms. The number of hydrogen-bond acceptors (Lipinski definition) is 3. The maximum absolute atomic E-state index is 6.26. The third-order valence-corrected chi connectivity index (χ3v) is 5.14. The molecule has 0 radical (unpaired) electrons. The lowest BCUT2D eigenvalue weighted by molar-refractivity contribution is 0.0166. The van der Waals surface area contributed by atoms with Gasteiger partial charge in [-0.25, -0.2) is 0 Å². The predicted molar refractivity (Wildman–Crippen MR) is 86.9 cm³/mol. The van der Waals surface area contributed by atoms with Gasteiger partial charge in [-0.05, 0) is 57.7 Å². The summed E-state index contributed by atoms with van der Waals surface area (Å²) in [6.45, 7) is 12.8. The van der Waals surface area contributed by atoms with Crippen LogP contribution in [0.3, 0.4) is 0 Å². The van der Waals surface area contributed by atoms with Crippen molar-refractivity contribution in [2.45, 2.75) is 70.9 Å². The van der Waals surface area contributed by atoms with Crippen molar-refractivity contribution in [3.05, 3.63) is 0 Å².